The van der Waals surface area contributed by atoms with Crippen LogP contribution in [-0.2, 0) is 11.3 Å². The molecule has 0 fully saturated rings. The zero-order chi connectivity index (χ0) is 17.8. The van der Waals surface area contributed by atoms with Gasteiger partial charge in [0.25, 0.3) is 0 Å². The number of alkyl carbamates (subject to hydrolysis) is 1. The Balaban J connectivity index is 2.58. The summed E-state index contributed by atoms with van der Waals surface area (Å²) in [5.41, 5.74) is 0. The lowest BCUT2D eigenvalue weighted by molar-refractivity contribution is -0.392. The van der Waals surface area contributed by atoms with E-state index in [9.17, 15) is 14.9 Å². The fraction of sp³-hybridized carbons (Fsp3) is 0.636. The zero-order valence-electron chi connectivity index (χ0n) is 12.6. The van der Waals surface area contributed by atoms with Gasteiger partial charge in [-0.1, -0.05) is 34.8 Å². The van der Waals surface area contributed by atoms with Gasteiger partial charge in [-0.05, 0) is 19.0 Å². The Kier molecular flexibility index (Phi) is 6.87. The smallest absolute Gasteiger partial charge is 0.408 e. The molecule has 1 aromatic heterocycles. The van der Waals surface area contributed by atoms with Crippen molar-refractivity contribution in [2.45, 2.75) is 23.4 Å². The van der Waals surface area contributed by atoms with Crippen LogP contribution in [0.3, 0.4) is 0 Å². The van der Waals surface area contributed by atoms with Crippen LogP contribution in [0.2, 0.25) is 0 Å². The van der Waals surface area contributed by atoms with Gasteiger partial charge < -0.3 is 20.2 Å². The minimum absolute atomic E-state index is 0.0793. The maximum atomic E-state index is 11.7. The number of amides is 1. The Labute approximate surface area is 147 Å². The minimum Gasteiger partial charge on any atom is -0.445 e. The van der Waals surface area contributed by atoms with E-state index in [2.05, 4.69) is 10.3 Å². The summed E-state index contributed by atoms with van der Waals surface area (Å²) >= 11 is 17.3. The number of imidazole rings is 1. The number of nitro groups is 1. The summed E-state index contributed by atoms with van der Waals surface area (Å²) in [6, 6.07) is 0. The molecule has 0 aliphatic heterocycles. The zero-order valence-corrected chi connectivity index (χ0v) is 14.9. The number of nitrogens with one attached hydrogen (secondary N) is 1. The maximum absolute atomic E-state index is 11.7. The van der Waals surface area contributed by atoms with Gasteiger partial charge in [-0.3, -0.25) is 4.90 Å². The molecule has 12 heteroatoms. The van der Waals surface area contributed by atoms with Gasteiger partial charge in [-0.15, -0.1) is 0 Å². The van der Waals surface area contributed by atoms with Gasteiger partial charge in [-0.25, -0.2) is 14.3 Å². The Hall–Kier alpha value is -1.29. The van der Waals surface area contributed by atoms with Crippen molar-refractivity contribution in [3.8, 4) is 0 Å². The summed E-state index contributed by atoms with van der Waals surface area (Å²) in [4.78, 5) is 27.4. The second-order valence-corrected chi connectivity index (χ2v) is 7.13. The fourth-order valence-electron chi connectivity index (χ4n) is 1.76. The van der Waals surface area contributed by atoms with Crippen LogP contribution in [0.1, 0.15) is 5.82 Å². The molecule has 1 rings (SSSR count). The molecule has 0 aromatic carbocycles. The third kappa shape index (κ3) is 5.69. The van der Waals surface area contributed by atoms with Crippen LogP contribution in [0, 0.1) is 17.0 Å². The van der Waals surface area contributed by atoms with E-state index in [1.165, 1.54) is 9.47 Å². The van der Waals surface area contributed by atoms with Crippen molar-refractivity contribution in [3.63, 3.8) is 0 Å². The fourth-order valence-corrected chi connectivity index (χ4v) is 2.51. The Bertz CT molecular complexity index is 572. The van der Waals surface area contributed by atoms with Crippen LogP contribution in [0.15, 0.2) is 6.20 Å². The van der Waals surface area contributed by atoms with Crippen LogP contribution in [0.5, 0.6) is 0 Å². The van der Waals surface area contributed by atoms with E-state index < -0.39 is 21.0 Å². The van der Waals surface area contributed by atoms with E-state index in [-0.39, 0.29) is 19.0 Å². The number of aryl methyl sites for hydroxylation is 1. The van der Waals surface area contributed by atoms with Crippen molar-refractivity contribution in [3.05, 3.63) is 22.1 Å². The van der Waals surface area contributed by atoms with Gasteiger partial charge in [0.15, 0.2) is 5.82 Å². The molecule has 1 heterocycles. The molecule has 0 aliphatic carbocycles. The van der Waals surface area contributed by atoms with E-state index in [0.29, 0.717) is 5.82 Å². The lowest BCUT2D eigenvalue weighted by atomic mass is 10.5. The summed E-state index contributed by atoms with van der Waals surface area (Å²) in [6.45, 7) is 1.58. The molecule has 23 heavy (non-hydrogen) atoms. The lowest BCUT2D eigenvalue weighted by Crippen LogP contribution is -2.52. The largest absolute Gasteiger partial charge is 0.445 e. The predicted molar refractivity (Wildman–Crippen MR) is 85.9 cm³/mol. The molecule has 1 aromatic rings. The highest BCUT2D eigenvalue weighted by atomic mass is 35.6. The monoisotopic (exact) mass is 387 g/mol. The van der Waals surface area contributed by atoms with Gasteiger partial charge in [0.05, 0.1) is 0 Å². The lowest BCUT2D eigenvalue weighted by Gasteiger charge is -2.30. The molecule has 0 aliphatic rings. The summed E-state index contributed by atoms with van der Waals surface area (Å²) in [6.07, 6.45) is -0.569. The van der Waals surface area contributed by atoms with Crippen molar-refractivity contribution in [1.82, 2.24) is 19.8 Å². The second kappa shape index (κ2) is 8.00. The van der Waals surface area contributed by atoms with Gasteiger partial charge in [0.1, 0.15) is 25.5 Å². The van der Waals surface area contributed by atoms with Crippen LogP contribution in [0.25, 0.3) is 0 Å². The SMILES string of the molecule is Cc1ncc([N+](=O)[O-])n1CCOC(=O)N[C@H](N(C)C)C(Cl)(Cl)Cl. The third-order valence-corrected chi connectivity index (χ3v) is 3.47. The number of aromatic nitrogens is 2. The second-order valence-electron chi connectivity index (χ2n) is 4.76. The highest BCUT2D eigenvalue weighted by Crippen LogP contribution is 2.31. The molecule has 0 spiro atoms. The molecule has 1 N–H and O–H groups in total. The van der Waals surface area contributed by atoms with Gasteiger partial charge in [0.2, 0.25) is 3.79 Å². The standard InChI is InChI=1S/C11H16Cl3N5O4/c1-7-15-6-8(19(21)22)18(7)4-5-23-10(20)16-9(17(2)3)11(12,13)14/h6,9H,4-5H2,1-3H3,(H,16,20)/t9-/m1/s1. The number of rotatable bonds is 6. The first kappa shape index (κ1) is 19.8. The van der Waals surface area contributed by atoms with Gasteiger partial charge in [-0.2, -0.15) is 0 Å². The molecular weight excluding hydrogens is 373 g/mol. The Morgan fingerprint density at radius 3 is 2.65 bits per heavy atom. The first-order valence-corrected chi connectivity index (χ1v) is 7.50. The van der Waals surface area contributed by atoms with Crippen LogP contribution in [0.4, 0.5) is 10.6 Å². The Morgan fingerprint density at radius 1 is 1.57 bits per heavy atom. The maximum Gasteiger partial charge on any atom is 0.408 e. The van der Waals surface area contributed by atoms with E-state index in [0.717, 1.165) is 6.20 Å². The molecule has 1 atom stereocenters. The number of carbonyl (C=O) groups excluding carboxylic acids is 1. The number of alkyl halides is 3. The van der Waals surface area contributed by atoms with E-state index in [1.807, 2.05) is 0 Å². The summed E-state index contributed by atoms with van der Waals surface area (Å²) in [5.74, 6) is 0.257. The predicted octanol–water partition coefficient (Wildman–Crippen LogP) is 2.08. The number of hydrogen-bond acceptors (Lipinski definition) is 6. The first-order chi connectivity index (χ1) is 10.5. The quantitative estimate of drug-likeness (QED) is 0.346. The molecule has 0 bridgehead atoms. The summed E-state index contributed by atoms with van der Waals surface area (Å²) in [5, 5.41) is 13.2. The Morgan fingerprint density at radius 2 is 2.17 bits per heavy atom. The van der Waals surface area contributed by atoms with Crippen molar-refractivity contribution in [2.75, 3.05) is 20.7 Å². The van der Waals surface area contributed by atoms with Crippen LogP contribution >= 0.6 is 34.8 Å². The molecule has 0 radical (unpaired) electrons. The molecular formula is C11H16Cl3N5O4. The number of carbonyl (C=O) groups is 1. The average Bonchev–Trinajstić information content (AvgIpc) is 2.76. The molecule has 1 amide bonds. The third-order valence-electron chi connectivity index (χ3n) is 2.85. The summed E-state index contributed by atoms with van der Waals surface area (Å²) in [7, 11) is 3.23. The minimum atomic E-state index is -1.75. The highest BCUT2D eigenvalue weighted by Gasteiger charge is 2.36. The van der Waals surface area contributed by atoms with Crippen molar-refractivity contribution in [1.29, 1.82) is 0 Å². The van der Waals surface area contributed by atoms with Crippen LogP contribution in [-0.4, -0.2) is 56.1 Å². The number of halogens is 3. The first-order valence-electron chi connectivity index (χ1n) is 6.37. The topological polar surface area (TPSA) is 103 Å². The number of nitrogens with zero attached hydrogens (tertiary/aromatic N) is 4. The van der Waals surface area contributed by atoms with Gasteiger partial charge in [0, 0.05) is 6.92 Å². The average molecular weight is 389 g/mol. The van der Waals surface area contributed by atoms with Crippen molar-refractivity contribution >= 4 is 46.7 Å². The molecule has 9 nitrogen and oxygen atoms in total. The summed E-state index contributed by atoms with van der Waals surface area (Å²) < 4.78 is 4.53. The van der Waals surface area contributed by atoms with Crippen molar-refractivity contribution < 1.29 is 14.5 Å². The normalized spacial score (nSPS) is 13.0. The van der Waals surface area contributed by atoms with E-state index in [4.69, 9.17) is 39.5 Å². The van der Waals surface area contributed by atoms with Gasteiger partial charge >= 0.3 is 11.9 Å². The number of ether oxygens (including phenoxy) is 1. The molecule has 130 valence electrons. The molecule has 0 saturated carbocycles. The highest BCUT2D eigenvalue weighted by molar-refractivity contribution is 6.68. The van der Waals surface area contributed by atoms with Crippen molar-refractivity contribution in [2.24, 2.45) is 0 Å². The van der Waals surface area contributed by atoms with E-state index >= 15 is 0 Å². The molecule has 0 saturated heterocycles. The van der Waals surface area contributed by atoms with Crippen LogP contribution < -0.4 is 5.32 Å². The van der Waals surface area contributed by atoms with E-state index in [1.54, 1.807) is 21.0 Å². The molecule has 0 unspecified atom stereocenters. The number of hydrogen-bond donors (Lipinski definition) is 1.